The maximum absolute atomic E-state index is 10.4. The highest BCUT2D eigenvalue weighted by Gasteiger charge is 1.94. The molecular formula is C8H9NO2. The van der Waals surface area contributed by atoms with E-state index in [0.29, 0.717) is 0 Å². The van der Waals surface area contributed by atoms with Crippen molar-refractivity contribution in [3.05, 3.63) is 30.3 Å². The molecule has 0 aliphatic carbocycles. The molecule has 3 heteroatoms. The molecule has 3 nitrogen and oxygen atoms in total. The van der Waals surface area contributed by atoms with Gasteiger partial charge in [-0.2, -0.15) is 0 Å². The number of benzene rings is 1. The Morgan fingerprint density at radius 3 is 3.18 bits per heavy atom. The Morgan fingerprint density at radius 2 is 2.45 bits per heavy atom. The Balaban J connectivity index is 2.95. The molecule has 0 spiro atoms. The lowest BCUT2D eigenvalue weighted by atomic mass is 10.3. The van der Waals surface area contributed by atoms with Gasteiger partial charge < -0.3 is 10.5 Å². The van der Waals surface area contributed by atoms with Crippen LogP contribution in [0.5, 0.6) is 5.75 Å². The summed E-state index contributed by atoms with van der Waals surface area (Å²) in [7, 11) is 0. The van der Waals surface area contributed by atoms with Gasteiger partial charge in [0.05, 0.1) is 4.11 Å². The minimum atomic E-state index is -0.681. The quantitative estimate of drug-likeness (QED) is 0.691. The molecule has 0 saturated carbocycles. The lowest BCUT2D eigenvalue weighted by molar-refractivity contribution is -0.119. The van der Waals surface area contributed by atoms with Crippen molar-refractivity contribution in [2.75, 3.05) is 6.61 Å². The van der Waals surface area contributed by atoms with Crippen LogP contribution in [0.25, 0.3) is 0 Å². The molecule has 2 N–H and O–H groups in total. The Bertz CT molecular complexity index is 368. The summed E-state index contributed by atoms with van der Waals surface area (Å²) in [5, 5.41) is 0. The van der Waals surface area contributed by atoms with Crippen LogP contribution in [0.3, 0.4) is 0 Å². The average Bonchev–Trinajstić information content (AvgIpc) is 2.11. The molecule has 0 bridgehead atoms. The smallest absolute Gasteiger partial charge is 0.255 e. The van der Waals surface area contributed by atoms with Crippen LogP contribution in [0, 0.1) is 0 Å². The molecule has 1 amide bonds. The minimum Gasteiger partial charge on any atom is -0.484 e. The van der Waals surface area contributed by atoms with Gasteiger partial charge in [-0.25, -0.2) is 0 Å². The molecule has 1 aromatic carbocycles. The third-order valence-corrected chi connectivity index (χ3v) is 0.926. The standard InChI is InChI=1S/C8H9NO2/c9-8(10)6-11-7-4-2-1-3-5-7/h1-5H,6H2,(H2,9,10)/i2D,4D,5D. The van der Waals surface area contributed by atoms with Crippen LogP contribution in [0.15, 0.2) is 30.3 Å². The van der Waals surface area contributed by atoms with Crippen LogP contribution in [-0.2, 0) is 4.79 Å². The number of rotatable bonds is 3. The summed E-state index contributed by atoms with van der Waals surface area (Å²) in [5.74, 6) is -0.768. The molecule has 0 fully saturated rings. The van der Waals surface area contributed by atoms with E-state index < -0.39 is 5.91 Å². The monoisotopic (exact) mass is 154 g/mol. The molecule has 0 radical (unpaired) electrons. The summed E-state index contributed by atoms with van der Waals surface area (Å²) in [6, 6.07) is 2.35. The van der Waals surface area contributed by atoms with Crippen LogP contribution in [0.2, 0.25) is 0 Å². The highest BCUT2D eigenvalue weighted by Crippen LogP contribution is 2.07. The Hall–Kier alpha value is -1.51. The highest BCUT2D eigenvalue weighted by atomic mass is 16.5. The van der Waals surface area contributed by atoms with Gasteiger partial charge in [-0.05, 0) is 12.1 Å². The molecule has 1 aromatic rings. The maximum Gasteiger partial charge on any atom is 0.255 e. The number of ether oxygens (including phenoxy) is 1. The van der Waals surface area contributed by atoms with Crippen molar-refractivity contribution in [1.82, 2.24) is 0 Å². The summed E-state index contributed by atoms with van der Waals surface area (Å²) in [4.78, 5) is 10.4. The van der Waals surface area contributed by atoms with Gasteiger partial charge in [-0.1, -0.05) is 18.2 Å². The fourth-order valence-electron chi connectivity index (χ4n) is 0.523. The number of hydrogen-bond acceptors (Lipinski definition) is 2. The van der Waals surface area contributed by atoms with Crippen molar-refractivity contribution >= 4 is 5.91 Å². The first-order chi connectivity index (χ1) is 6.52. The van der Waals surface area contributed by atoms with Crippen LogP contribution < -0.4 is 10.5 Å². The lowest BCUT2D eigenvalue weighted by Gasteiger charge is -2.00. The van der Waals surface area contributed by atoms with Crippen LogP contribution in [0.1, 0.15) is 4.11 Å². The normalized spacial score (nSPS) is 12.9. The zero-order valence-corrected chi connectivity index (χ0v) is 5.76. The number of para-hydroxylation sites is 1. The second kappa shape index (κ2) is 3.61. The Labute approximate surface area is 69.0 Å². The van der Waals surface area contributed by atoms with E-state index in [1.165, 1.54) is 12.1 Å². The van der Waals surface area contributed by atoms with E-state index in [4.69, 9.17) is 14.6 Å². The number of carbonyl (C=O) groups excluding carboxylic acids is 1. The molecule has 0 atom stereocenters. The molecule has 0 aromatic heterocycles. The van der Waals surface area contributed by atoms with Crippen LogP contribution >= 0.6 is 0 Å². The first kappa shape index (κ1) is 4.38. The second-order valence-electron chi connectivity index (χ2n) is 1.83. The van der Waals surface area contributed by atoms with Crippen molar-refractivity contribution in [3.8, 4) is 5.75 Å². The zero-order valence-electron chi connectivity index (χ0n) is 8.76. The molecule has 0 aliphatic rings. The third kappa shape index (κ3) is 2.71. The molecule has 0 unspecified atom stereocenters. The number of amides is 1. The van der Waals surface area contributed by atoms with E-state index in [1.54, 1.807) is 0 Å². The van der Waals surface area contributed by atoms with Crippen molar-refractivity contribution in [1.29, 1.82) is 0 Å². The first-order valence-electron chi connectivity index (χ1n) is 4.50. The maximum atomic E-state index is 10.4. The van der Waals surface area contributed by atoms with E-state index in [2.05, 4.69) is 0 Å². The van der Waals surface area contributed by atoms with Crippen LogP contribution in [0.4, 0.5) is 0 Å². The SMILES string of the molecule is [2H]c1ccc([2H])c(OCC(N)=O)c1[2H]. The fourth-order valence-corrected chi connectivity index (χ4v) is 0.523. The van der Waals surface area contributed by atoms with E-state index in [1.807, 2.05) is 0 Å². The van der Waals surface area contributed by atoms with E-state index >= 15 is 0 Å². The predicted molar refractivity (Wildman–Crippen MR) is 41.1 cm³/mol. The molecule has 1 rings (SSSR count). The van der Waals surface area contributed by atoms with E-state index in [0.717, 1.165) is 0 Å². The Kier molecular flexibility index (Phi) is 1.44. The van der Waals surface area contributed by atoms with Crippen molar-refractivity contribution < 1.29 is 13.6 Å². The second-order valence-corrected chi connectivity index (χ2v) is 1.83. The molecule has 11 heavy (non-hydrogen) atoms. The number of primary amides is 1. The van der Waals surface area contributed by atoms with Crippen molar-refractivity contribution in [2.45, 2.75) is 0 Å². The van der Waals surface area contributed by atoms with Gasteiger partial charge in [0.1, 0.15) is 5.75 Å². The molecule has 0 heterocycles. The highest BCUT2D eigenvalue weighted by molar-refractivity contribution is 5.75. The molecule has 58 valence electrons. The predicted octanol–water partition coefficient (Wildman–Crippen LogP) is 0.551. The van der Waals surface area contributed by atoms with E-state index in [9.17, 15) is 4.79 Å². The van der Waals surface area contributed by atoms with Gasteiger partial charge in [-0.15, -0.1) is 0 Å². The first-order valence-corrected chi connectivity index (χ1v) is 3.00. The van der Waals surface area contributed by atoms with E-state index in [-0.39, 0.29) is 30.5 Å². The summed E-state index contributed by atoms with van der Waals surface area (Å²) < 4.78 is 26.9. The van der Waals surface area contributed by atoms with Gasteiger partial charge in [0, 0.05) is 0 Å². The fraction of sp³-hybridized carbons (Fsp3) is 0.125. The summed E-state index contributed by atoms with van der Waals surface area (Å²) in [6.07, 6.45) is 0. The van der Waals surface area contributed by atoms with Gasteiger partial charge in [0.25, 0.3) is 5.91 Å². The lowest BCUT2D eigenvalue weighted by Crippen LogP contribution is -2.19. The third-order valence-electron chi connectivity index (χ3n) is 0.926. The molecular weight excluding hydrogens is 142 g/mol. The Morgan fingerprint density at radius 1 is 1.64 bits per heavy atom. The van der Waals surface area contributed by atoms with Crippen LogP contribution in [-0.4, -0.2) is 12.5 Å². The number of nitrogens with two attached hydrogens (primary N) is 1. The largest absolute Gasteiger partial charge is 0.484 e. The van der Waals surface area contributed by atoms with Gasteiger partial charge in [0.15, 0.2) is 6.61 Å². The molecule has 0 saturated heterocycles. The summed E-state index contributed by atoms with van der Waals surface area (Å²) >= 11 is 0. The van der Waals surface area contributed by atoms with Gasteiger partial charge in [0.2, 0.25) is 0 Å². The van der Waals surface area contributed by atoms with Gasteiger partial charge >= 0.3 is 0 Å². The van der Waals surface area contributed by atoms with Crippen molar-refractivity contribution in [2.24, 2.45) is 5.73 Å². The van der Waals surface area contributed by atoms with Gasteiger partial charge in [-0.3, -0.25) is 4.79 Å². The number of carbonyl (C=O) groups is 1. The topological polar surface area (TPSA) is 52.3 Å². The number of hydrogen-bond donors (Lipinski definition) is 1. The van der Waals surface area contributed by atoms with Crippen molar-refractivity contribution in [3.63, 3.8) is 0 Å². The average molecular weight is 154 g/mol. The zero-order chi connectivity index (χ0) is 10.7. The summed E-state index contributed by atoms with van der Waals surface area (Å²) in [6.45, 7) is -0.388. The summed E-state index contributed by atoms with van der Waals surface area (Å²) in [5.41, 5.74) is 4.85. The minimum absolute atomic E-state index is 0.0350. The molecule has 0 aliphatic heterocycles.